The first-order valence-electron chi connectivity index (χ1n) is 13.0. The van der Waals surface area contributed by atoms with Crippen LogP contribution in [0, 0.1) is 5.41 Å². The number of fused-ring (bicyclic) bond motifs is 1. The molecule has 0 saturated heterocycles. The summed E-state index contributed by atoms with van der Waals surface area (Å²) in [6.07, 6.45) is 1.20. The molecule has 0 aromatic heterocycles. The number of nitrogen functional groups attached to an aromatic ring is 1. The second-order valence-electron chi connectivity index (χ2n) is 11.1. The topological polar surface area (TPSA) is 52.3 Å². The van der Waals surface area contributed by atoms with E-state index in [1.54, 1.807) is 12.1 Å². The molecular weight excluding hydrogens is 673 g/mol. The van der Waals surface area contributed by atoms with Gasteiger partial charge in [0.25, 0.3) is 0 Å². The van der Waals surface area contributed by atoms with Gasteiger partial charge in [0.05, 0.1) is 4.47 Å². The summed E-state index contributed by atoms with van der Waals surface area (Å²) in [6.45, 7) is 6.61. The number of ether oxygens (including phenoxy) is 1. The molecule has 0 saturated carbocycles. The van der Waals surface area contributed by atoms with Crippen LogP contribution in [0.4, 0.5) is 5.69 Å². The van der Waals surface area contributed by atoms with Gasteiger partial charge >= 0.3 is 0 Å². The van der Waals surface area contributed by atoms with Gasteiger partial charge in [-0.1, -0.05) is 96.3 Å². The molecule has 7 heteroatoms. The summed E-state index contributed by atoms with van der Waals surface area (Å²) in [7, 11) is 0. The maximum Gasteiger partial charge on any atom is 0.160 e. The van der Waals surface area contributed by atoms with Crippen LogP contribution in [0.25, 0.3) is 16.3 Å². The fraction of sp³-hybridized carbons (Fsp3) is 0.242. The highest BCUT2D eigenvalue weighted by Crippen LogP contribution is 2.50. The standard InChI is InChI=1S/C33H29Br2Cl2NO2/c1-18(24-12-21(34)13-26(35)32(24)40-17-20-8-10-22(36)14-27(20)37)30-25(15-33(2,3)16-29(30)39)31-23-7-5-4-6-19(23)9-11-28(31)38/h4-14,18H,15-17,38H2,1-3H3/t18-/m1/s1. The molecule has 0 amide bonds. The minimum atomic E-state index is -0.263. The molecule has 5 rings (SSSR count). The first-order chi connectivity index (χ1) is 18.9. The first-order valence-corrected chi connectivity index (χ1v) is 15.4. The van der Waals surface area contributed by atoms with E-state index in [4.69, 9.17) is 33.7 Å². The lowest BCUT2D eigenvalue weighted by molar-refractivity contribution is -0.118. The van der Waals surface area contributed by atoms with Crippen LogP contribution >= 0.6 is 55.1 Å². The Balaban J connectivity index is 1.68. The minimum Gasteiger partial charge on any atom is -0.487 e. The summed E-state index contributed by atoms with van der Waals surface area (Å²) in [6, 6.07) is 21.5. The number of carbonyl (C=O) groups is 1. The number of Topliss-reactive ketones (excluding diaryl/α,β-unsaturated/α-hetero) is 1. The van der Waals surface area contributed by atoms with Crippen LogP contribution < -0.4 is 10.5 Å². The van der Waals surface area contributed by atoms with Gasteiger partial charge in [0, 0.05) is 54.8 Å². The average Bonchev–Trinajstić information content (AvgIpc) is 2.87. The minimum absolute atomic E-state index is 0.133. The second-order valence-corrected chi connectivity index (χ2v) is 13.7. The van der Waals surface area contributed by atoms with Gasteiger partial charge < -0.3 is 10.5 Å². The van der Waals surface area contributed by atoms with Crippen LogP contribution in [-0.2, 0) is 11.4 Å². The second kappa shape index (κ2) is 11.5. The van der Waals surface area contributed by atoms with Gasteiger partial charge in [-0.05, 0) is 74.4 Å². The van der Waals surface area contributed by atoms with Crippen LogP contribution in [0.3, 0.4) is 0 Å². The smallest absolute Gasteiger partial charge is 0.160 e. The van der Waals surface area contributed by atoms with Crippen molar-refractivity contribution >= 4 is 82.9 Å². The zero-order chi connectivity index (χ0) is 28.8. The molecule has 0 fully saturated rings. The number of hydrogen-bond acceptors (Lipinski definition) is 3. The molecule has 3 nitrogen and oxygen atoms in total. The number of allylic oxidation sites excluding steroid dienone is 2. The van der Waals surface area contributed by atoms with Crippen molar-refractivity contribution in [2.75, 3.05) is 5.73 Å². The lowest BCUT2D eigenvalue weighted by atomic mass is 9.68. The molecule has 0 spiro atoms. The van der Waals surface area contributed by atoms with Gasteiger partial charge in [0.15, 0.2) is 5.78 Å². The summed E-state index contributed by atoms with van der Waals surface area (Å²) >= 11 is 19.9. The Morgan fingerprint density at radius 1 is 1.00 bits per heavy atom. The molecule has 0 unspecified atom stereocenters. The third-order valence-corrected chi connectivity index (χ3v) is 9.14. The average molecular weight is 702 g/mol. The van der Waals surface area contributed by atoms with Gasteiger partial charge in [0.2, 0.25) is 0 Å². The first kappa shape index (κ1) is 29.2. The maximum atomic E-state index is 14.0. The Labute approximate surface area is 262 Å². The van der Waals surface area contributed by atoms with E-state index in [0.29, 0.717) is 27.9 Å². The SMILES string of the molecule is C[C@@H](C1=C(c2c(N)ccc3ccccc23)CC(C)(C)CC1=O)c1cc(Br)cc(Br)c1OCc1ccc(Cl)cc1Cl. The fourth-order valence-corrected chi connectivity index (χ4v) is 7.52. The van der Waals surface area contributed by atoms with E-state index in [9.17, 15) is 4.79 Å². The molecule has 206 valence electrons. The molecule has 2 N–H and O–H groups in total. The molecule has 4 aromatic carbocycles. The number of hydrogen-bond donors (Lipinski definition) is 1. The summed E-state index contributed by atoms with van der Waals surface area (Å²) in [5.41, 5.74) is 11.6. The predicted molar refractivity (Wildman–Crippen MR) is 174 cm³/mol. The van der Waals surface area contributed by atoms with Crippen molar-refractivity contribution in [2.45, 2.75) is 46.1 Å². The number of anilines is 1. The number of carbonyl (C=O) groups excluding carboxylic acids is 1. The van der Waals surface area contributed by atoms with E-state index in [1.165, 1.54) is 0 Å². The molecule has 1 aliphatic carbocycles. The molecule has 0 radical (unpaired) electrons. The van der Waals surface area contributed by atoms with E-state index >= 15 is 0 Å². The molecule has 1 atom stereocenters. The summed E-state index contributed by atoms with van der Waals surface area (Å²) in [4.78, 5) is 14.0. The predicted octanol–water partition coefficient (Wildman–Crippen LogP) is 10.8. The van der Waals surface area contributed by atoms with Crippen molar-refractivity contribution < 1.29 is 9.53 Å². The van der Waals surface area contributed by atoms with Crippen molar-refractivity contribution in [1.82, 2.24) is 0 Å². The Kier molecular flexibility index (Phi) is 8.41. The maximum absolute atomic E-state index is 14.0. The van der Waals surface area contributed by atoms with Crippen molar-refractivity contribution in [3.05, 3.63) is 108 Å². The summed E-state index contributed by atoms with van der Waals surface area (Å²) in [5, 5.41) is 3.25. The van der Waals surface area contributed by atoms with Crippen LogP contribution in [0.1, 0.15) is 56.2 Å². The lowest BCUT2D eigenvalue weighted by Crippen LogP contribution is -2.28. The largest absolute Gasteiger partial charge is 0.487 e. The number of nitrogens with two attached hydrogens (primary N) is 1. The molecule has 1 aliphatic rings. The van der Waals surface area contributed by atoms with Gasteiger partial charge in [-0.3, -0.25) is 4.79 Å². The summed E-state index contributed by atoms with van der Waals surface area (Å²) < 4.78 is 8.06. The Hall–Kier alpha value is -2.31. The van der Waals surface area contributed by atoms with Crippen molar-refractivity contribution in [1.29, 1.82) is 0 Å². The molecule has 40 heavy (non-hydrogen) atoms. The van der Waals surface area contributed by atoms with Crippen LogP contribution in [0.5, 0.6) is 5.75 Å². The lowest BCUT2D eigenvalue weighted by Gasteiger charge is -2.35. The molecule has 0 aliphatic heterocycles. The van der Waals surface area contributed by atoms with Crippen LogP contribution in [-0.4, -0.2) is 5.78 Å². The van der Waals surface area contributed by atoms with E-state index < -0.39 is 0 Å². The van der Waals surface area contributed by atoms with E-state index in [1.807, 2.05) is 42.5 Å². The molecule has 4 aromatic rings. The van der Waals surface area contributed by atoms with Crippen molar-refractivity contribution in [2.24, 2.45) is 5.41 Å². The van der Waals surface area contributed by atoms with E-state index in [0.717, 1.165) is 54.0 Å². The highest BCUT2D eigenvalue weighted by molar-refractivity contribution is 9.11. The monoisotopic (exact) mass is 699 g/mol. The third-order valence-electron chi connectivity index (χ3n) is 7.51. The highest BCUT2D eigenvalue weighted by Gasteiger charge is 2.37. The van der Waals surface area contributed by atoms with Gasteiger partial charge in [-0.15, -0.1) is 0 Å². The van der Waals surface area contributed by atoms with Gasteiger partial charge in [-0.25, -0.2) is 0 Å². The zero-order valence-electron chi connectivity index (χ0n) is 22.5. The number of rotatable bonds is 6. The van der Waals surface area contributed by atoms with Crippen molar-refractivity contribution in [3.63, 3.8) is 0 Å². The van der Waals surface area contributed by atoms with Crippen molar-refractivity contribution in [3.8, 4) is 5.75 Å². The quantitative estimate of drug-likeness (QED) is 0.204. The third kappa shape index (κ3) is 5.85. The molecular formula is C33H29Br2Cl2NO2. The highest BCUT2D eigenvalue weighted by atomic mass is 79.9. The Morgan fingerprint density at radius 2 is 1.75 bits per heavy atom. The van der Waals surface area contributed by atoms with E-state index in [2.05, 4.69) is 64.8 Å². The van der Waals surface area contributed by atoms with Gasteiger partial charge in [-0.2, -0.15) is 0 Å². The number of ketones is 1. The summed E-state index contributed by atoms with van der Waals surface area (Å²) in [5.74, 6) is 0.535. The van der Waals surface area contributed by atoms with E-state index in [-0.39, 0.29) is 23.7 Å². The Morgan fingerprint density at radius 3 is 2.50 bits per heavy atom. The normalized spacial score (nSPS) is 15.9. The molecule has 0 bridgehead atoms. The van der Waals surface area contributed by atoms with Crippen LogP contribution in [0.15, 0.2) is 81.2 Å². The Bertz CT molecular complexity index is 1680. The molecule has 0 heterocycles. The van der Waals surface area contributed by atoms with Gasteiger partial charge in [0.1, 0.15) is 12.4 Å². The fourth-order valence-electron chi connectivity index (χ4n) is 5.68. The number of benzene rings is 4. The van der Waals surface area contributed by atoms with Crippen LogP contribution in [0.2, 0.25) is 10.0 Å². The number of halogens is 4. The zero-order valence-corrected chi connectivity index (χ0v) is 27.1.